The fourth-order valence-corrected chi connectivity index (χ4v) is 9.63. The van der Waals surface area contributed by atoms with Gasteiger partial charge in [-0.25, -0.2) is 0 Å². The molecule has 0 radical (unpaired) electrons. The second-order valence-corrected chi connectivity index (χ2v) is 11.7. The van der Waals surface area contributed by atoms with Crippen molar-refractivity contribution in [2.45, 2.75) is 83.2 Å². The molecule has 0 aromatic rings. The van der Waals surface area contributed by atoms with Crippen molar-refractivity contribution in [3.63, 3.8) is 0 Å². The number of rotatable bonds is 5. The molecular formula is C26H36O4. The van der Waals surface area contributed by atoms with E-state index in [1.54, 1.807) is 0 Å². The molecule has 9 atom stereocenters. The lowest BCUT2D eigenvalue weighted by atomic mass is 9.45. The van der Waals surface area contributed by atoms with Crippen LogP contribution in [-0.4, -0.2) is 27.6 Å². The molecule has 164 valence electrons. The van der Waals surface area contributed by atoms with Crippen LogP contribution in [0.25, 0.3) is 0 Å². The van der Waals surface area contributed by atoms with Crippen LogP contribution in [0, 0.1) is 52.8 Å². The fraction of sp³-hybridized carbons (Fsp3) is 0.846. The van der Waals surface area contributed by atoms with E-state index in [0.717, 1.165) is 44.4 Å². The molecule has 6 rings (SSSR count). The molecule has 0 aliphatic heterocycles. The van der Waals surface area contributed by atoms with Crippen LogP contribution in [0.2, 0.25) is 0 Å². The van der Waals surface area contributed by atoms with Crippen LogP contribution in [0.5, 0.6) is 0 Å². The Morgan fingerprint density at radius 3 is 2.67 bits per heavy atom. The molecule has 0 bridgehead atoms. The Kier molecular flexibility index (Phi) is 4.18. The zero-order valence-corrected chi connectivity index (χ0v) is 18.2. The first kappa shape index (κ1) is 19.5. The van der Waals surface area contributed by atoms with Crippen molar-refractivity contribution in [2.75, 3.05) is 0 Å². The minimum atomic E-state index is -0.785. The molecule has 0 heterocycles. The van der Waals surface area contributed by atoms with Crippen LogP contribution < -0.4 is 0 Å². The van der Waals surface area contributed by atoms with E-state index in [9.17, 15) is 19.8 Å². The summed E-state index contributed by atoms with van der Waals surface area (Å²) in [6.07, 6.45) is 12.4. The molecule has 2 N–H and O–H groups in total. The molecule has 0 amide bonds. The summed E-state index contributed by atoms with van der Waals surface area (Å²) in [7, 11) is 0. The van der Waals surface area contributed by atoms with Gasteiger partial charge in [0.15, 0.2) is 5.78 Å². The largest absolute Gasteiger partial charge is 0.481 e. The molecule has 30 heavy (non-hydrogen) atoms. The molecule has 0 saturated heterocycles. The molecule has 5 fully saturated rings. The molecule has 0 aromatic carbocycles. The third kappa shape index (κ3) is 2.49. The highest BCUT2D eigenvalue weighted by atomic mass is 16.4. The summed E-state index contributed by atoms with van der Waals surface area (Å²) in [6.45, 7) is 2.25. The highest BCUT2D eigenvalue weighted by Gasteiger charge is 2.77. The fourth-order valence-electron chi connectivity index (χ4n) is 9.63. The van der Waals surface area contributed by atoms with Crippen LogP contribution in [0.3, 0.4) is 0 Å². The van der Waals surface area contributed by atoms with E-state index >= 15 is 0 Å². The molecule has 5 saturated carbocycles. The molecule has 0 spiro atoms. The van der Waals surface area contributed by atoms with Gasteiger partial charge in [-0.1, -0.05) is 12.5 Å². The van der Waals surface area contributed by atoms with Crippen molar-refractivity contribution < 1.29 is 19.8 Å². The standard InChI is InChI=1S/C26H36O4/c1-2-25-9-7-18-17-6-5-16(27)11-15(17)12-19(14-3-4-14)23(18)24(25)20-13-21(20)26(25,30)10-8-22(28)29/h11,14,17-21,23-24,30H,2-10,12-13H2,1H3,(H,28,29)/t17-,18+,19+,20-,21+,23-,24-,25-,26-/m0/s1. The van der Waals surface area contributed by atoms with Crippen LogP contribution >= 0.6 is 0 Å². The first-order valence-corrected chi connectivity index (χ1v) is 12.6. The number of carbonyl (C=O) groups excluding carboxylic acids is 1. The topological polar surface area (TPSA) is 74.6 Å². The maximum absolute atomic E-state index is 12.2. The molecule has 6 aliphatic carbocycles. The quantitative estimate of drug-likeness (QED) is 0.692. The summed E-state index contributed by atoms with van der Waals surface area (Å²) in [6, 6.07) is 0. The van der Waals surface area contributed by atoms with Crippen molar-refractivity contribution in [3.8, 4) is 0 Å². The second-order valence-electron chi connectivity index (χ2n) is 11.7. The zero-order valence-electron chi connectivity index (χ0n) is 18.2. The van der Waals surface area contributed by atoms with E-state index in [0.29, 0.717) is 60.1 Å². The van der Waals surface area contributed by atoms with Crippen molar-refractivity contribution >= 4 is 11.8 Å². The van der Waals surface area contributed by atoms with Gasteiger partial charge in [-0.05, 0) is 111 Å². The number of hydrogen-bond acceptors (Lipinski definition) is 3. The van der Waals surface area contributed by atoms with Gasteiger partial charge in [0.25, 0.3) is 0 Å². The van der Waals surface area contributed by atoms with E-state index in [1.165, 1.54) is 18.4 Å². The lowest BCUT2D eigenvalue weighted by Crippen LogP contribution is -2.58. The zero-order chi connectivity index (χ0) is 20.8. The van der Waals surface area contributed by atoms with Crippen molar-refractivity contribution in [2.24, 2.45) is 52.8 Å². The summed E-state index contributed by atoms with van der Waals surface area (Å²) in [5, 5.41) is 21.4. The number of aliphatic hydroxyl groups is 1. The third-order valence-corrected chi connectivity index (χ3v) is 10.8. The normalized spacial score (nSPS) is 51.3. The number of carboxylic acid groups (broad SMARTS) is 1. The Balaban J connectivity index is 1.40. The molecule has 0 unspecified atom stereocenters. The van der Waals surface area contributed by atoms with Gasteiger partial charge in [-0.3, -0.25) is 9.59 Å². The first-order valence-electron chi connectivity index (χ1n) is 12.6. The average molecular weight is 413 g/mol. The molecule has 4 nitrogen and oxygen atoms in total. The number of allylic oxidation sites excluding steroid dienone is 1. The van der Waals surface area contributed by atoms with Crippen LogP contribution in [0.15, 0.2) is 11.6 Å². The lowest BCUT2D eigenvalue weighted by Gasteiger charge is -2.60. The summed E-state index contributed by atoms with van der Waals surface area (Å²) >= 11 is 0. The summed E-state index contributed by atoms with van der Waals surface area (Å²) in [5.74, 6) is 4.48. The molecule has 6 aliphatic rings. The van der Waals surface area contributed by atoms with E-state index in [2.05, 4.69) is 6.92 Å². The predicted octanol–water partition coefficient (Wildman–Crippen LogP) is 4.61. The van der Waals surface area contributed by atoms with Gasteiger partial charge >= 0.3 is 5.97 Å². The average Bonchev–Trinajstić information content (AvgIpc) is 3.63. The lowest BCUT2D eigenvalue weighted by molar-refractivity contribution is -0.169. The predicted molar refractivity (Wildman–Crippen MR) is 112 cm³/mol. The van der Waals surface area contributed by atoms with Crippen molar-refractivity contribution in [1.29, 1.82) is 0 Å². The summed E-state index contributed by atoms with van der Waals surface area (Å²) < 4.78 is 0. The highest BCUT2D eigenvalue weighted by molar-refractivity contribution is 5.91. The van der Waals surface area contributed by atoms with Gasteiger partial charge in [-0.15, -0.1) is 0 Å². The summed E-state index contributed by atoms with van der Waals surface area (Å²) in [4.78, 5) is 23.6. The van der Waals surface area contributed by atoms with Crippen molar-refractivity contribution in [3.05, 3.63) is 11.6 Å². The second kappa shape index (κ2) is 6.43. The van der Waals surface area contributed by atoms with Gasteiger partial charge in [0, 0.05) is 18.3 Å². The minimum absolute atomic E-state index is 0.0873. The van der Waals surface area contributed by atoms with Crippen LogP contribution in [0.1, 0.15) is 77.6 Å². The maximum atomic E-state index is 12.2. The minimum Gasteiger partial charge on any atom is -0.481 e. The Hall–Kier alpha value is -1.16. The number of aliphatic carboxylic acids is 1. The smallest absolute Gasteiger partial charge is 0.303 e. The van der Waals surface area contributed by atoms with Gasteiger partial charge in [0.2, 0.25) is 0 Å². The number of hydrogen-bond donors (Lipinski definition) is 2. The number of fused-ring (bicyclic) bond motifs is 7. The van der Waals surface area contributed by atoms with Crippen molar-refractivity contribution in [1.82, 2.24) is 0 Å². The van der Waals surface area contributed by atoms with Crippen LogP contribution in [0.4, 0.5) is 0 Å². The van der Waals surface area contributed by atoms with Gasteiger partial charge in [-0.2, -0.15) is 0 Å². The highest BCUT2D eigenvalue weighted by Crippen LogP contribution is 2.78. The molecular weight excluding hydrogens is 376 g/mol. The molecule has 4 heteroatoms. The van der Waals surface area contributed by atoms with Gasteiger partial charge in [0.05, 0.1) is 5.60 Å². The monoisotopic (exact) mass is 412 g/mol. The van der Waals surface area contributed by atoms with Gasteiger partial charge < -0.3 is 10.2 Å². The van der Waals surface area contributed by atoms with E-state index in [4.69, 9.17) is 0 Å². The Morgan fingerprint density at radius 1 is 1.17 bits per heavy atom. The van der Waals surface area contributed by atoms with E-state index in [1.807, 2.05) is 6.08 Å². The van der Waals surface area contributed by atoms with Crippen LogP contribution in [-0.2, 0) is 9.59 Å². The maximum Gasteiger partial charge on any atom is 0.303 e. The summed E-state index contributed by atoms with van der Waals surface area (Å²) in [5.41, 5.74) is 0.586. The number of carbonyl (C=O) groups is 2. The Bertz CT molecular complexity index is 812. The number of ketones is 1. The first-order chi connectivity index (χ1) is 14.4. The van der Waals surface area contributed by atoms with Gasteiger partial charge in [0.1, 0.15) is 0 Å². The molecule has 0 aromatic heterocycles. The Morgan fingerprint density at radius 2 is 1.97 bits per heavy atom. The van der Waals surface area contributed by atoms with E-state index < -0.39 is 11.6 Å². The number of carboxylic acids is 1. The Labute approximate surface area is 179 Å². The third-order valence-electron chi connectivity index (χ3n) is 10.8. The SMILES string of the molecule is CC[C@]12CC[C@H]3[C@H]([C@@H]1[C@H]1C[C@H]1[C@@]2(O)CCC(=O)O)[C@@H](C1CC1)CC1=CC(=O)CC[C@@H]13. The van der Waals surface area contributed by atoms with E-state index in [-0.39, 0.29) is 11.8 Å².